The predicted octanol–water partition coefficient (Wildman–Crippen LogP) is 2.67. The van der Waals surface area contributed by atoms with E-state index in [0.717, 1.165) is 6.92 Å². The molecule has 0 bridgehead atoms. The molecular formula is C13H9F9O8S3. The van der Waals surface area contributed by atoms with E-state index in [0.29, 0.717) is 0 Å². The molecule has 190 valence electrons. The molecule has 8 nitrogen and oxygen atoms in total. The summed E-state index contributed by atoms with van der Waals surface area (Å²) < 4.78 is 192. The van der Waals surface area contributed by atoms with Gasteiger partial charge in [-0.15, -0.1) is 0 Å². The molecule has 0 saturated heterocycles. The number of ether oxygens (including phenoxy) is 1. The second-order valence-electron chi connectivity index (χ2n) is 5.73. The Morgan fingerprint density at radius 3 is 1.33 bits per heavy atom. The molecule has 1 rings (SSSR count). The van der Waals surface area contributed by atoms with Crippen LogP contribution in [-0.2, 0) is 45.5 Å². The van der Waals surface area contributed by atoms with Crippen LogP contribution in [0.5, 0.6) is 0 Å². The van der Waals surface area contributed by atoms with Gasteiger partial charge in [0.1, 0.15) is 0 Å². The number of hydrogen-bond acceptors (Lipinski definition) is 8. The van der Waals surface area contributed by atoms with Gasteiger partial charge in [0.2, 0.25) is 0 Å². The molecule has 20 heteroatoms. The maximum Gasteiger partial charge on any atom is 0.501 e. The van der Waals surface area contributed by atoms with E-state index in [2.05, 4.69) is 4.74 Å². The molecule has 1 aromatic rings. The van der Waals surface area contributed by atoms with E-state index in [1.807, 2.05) is 0 Å². The van der Waals surface area contributed by atoms with Gasteiger partial charge in [-0.2, -0.15) is 39.5 Å². The summed E-state index contributed by atoms with van der Waals surface area (Å²) in [7, 11) is -20.9. The van der Waals surface area contributed by atoms with Gasteiger partial charge in [0.05, 0.1) is 27.7 Å². The Labute approximate surface area is 179 Å². The molecule has 0 saturated carbocycles. The van der Waals surface area contributed by atoms with Crippen molar-refractivity contribution in [3.8, 4) is 0 Å². The molecule has 0 N–H and O–H groups in total. The van der Waals surface area contributed by atoms with Gasteiger partial charge in [-0.25, -0.2) is 25.3 Å². The Kier molecular flexibility index (Phi) is 7.54. The molecule has 0 aliphatic rings. The van der Waals surface area contributed by atoms with Gasteiger partial charge in [-0.05, 0) is 19.1 Å². The van der Waals surface area contributed by atoms with Crippen molar-refractivity contribution in [3.05, 3.63) is 17.7 Å². The van der Waals surface area contributed by atoms with Crippen molar-refractivity contribution >= 4 is 35.5 Å². The van der Waals surface area contributed by atoms with Crippen molar-refractivity contribution in [2.24, 2.45) is 0 Å². The maximum absolute atomic E-state index is 13.1. The molecule has 0 amide bonds. The highest BCUT2D eigenvalue weighted by atomic mass is 32.2. The van der Waals surface area contributed by atoms with E-state index in [1.165, 1.54) is 0 Å². The molecule has 0 aromatic heterocycles. The first-order valence-electron chi connectivity index (χ1n) is 7.69. The van der Waals surface area contributed by atoms with Crippen LogP contribution in [-0.4, -0.2) is 54.4 Å². The molecule has 0 spiro atoms. The minimum absolute atomic E-state index is 0.581. The molecule has 0 fully saturated rings. The third kappa shape index (κ3) is 5.36. The lowest BCUT2D eigenvalue weighted by molar-refractivity contribution is -0.142. The quantitative estimate of drug-likeness (QED) is 0.384. The highest BCUT2D eigenvalue weighted by molar-refractivity contribution is 7.94. The smallest absolute Gasteiger partial charge is 0.466 e. The van der Waals surface area contributed by atoms with Crippen molar-refractivity contribution < 1.29 is 74.3 Å². The summed E-state index contributed by atoms with van der Waals surface area (Å²) in [6.45, 7) is 0.500. The van der Waals surface area contributed by atoms with E-state index >= 15 is 0 Å². The number of carbonyl (C=O) groups is 1. The van der Waals surface area contributed by atoms with Crippen LogP contribution in [0.25, 0.3) is 0 Å². The van der Waals surface area contributed by atoms with Crippen LogP contribution < -0.4 is 0 Å². The standard InChI is InChI=1S/C13H9F9O8S3/c1-2-30-10(23)5-7-8(32(26,27)12(17,18)19)3-6(31(24,25)11(14,15)16)4-9(7)33(28,29)13(20,21)22/h3-4H,2,5H2,1H3. The summed E-state index contributed by atoms with van der Waals surface area (Å²) in [6, 6.07) is -1.68. The molecule has 0 atom stereocenters. The maximum atomic E-state index is 13.1. The monoisotopic (exact) mass is 560 g/mol. The molecule has 0 aliphatic heterocycles. The first-order valence-corrected chi connectivity index (χ1v) is 12.1. The Morgan fingerprint density at radius 2 is 1.06 bits per heavy atom. The summed E-state index contributed by atoms with van der Waals surface area (Å²) in [5, 5.41) is 0. The average Bonchev–Trinajstić information content (AvgIpc) is 2.58. The number of benzene rings is 1. The van der Waals surface area contributed by atoms with Gasteiger partial charge in [0, 0.05) is 5.56 Å². The first kappa shape index (κ1) is 28.9. The fraction of sp³-hybridized carbons (Fsp3) is 0.462. The van der Waals surface area contributed by atoms with Crippen molar-refractivity contribution in [1.29, 1.82) is 0 Å². The van der Waals surface area contributed by atoms with Crippen LogP contribution in [0.15, 0.2) is 26.8 Å². The largest absolute Gasteiger partial charge is 0.501 e. The van der Waals surface area contributed by atoms with Gasteiger partial charge < -0.3 is 4.74 Å². The molecule has 0 radical (unpaired) electrons. The van der Waals surface area contributed by atoms with Crippen LogP contribution >= 0.6 is 0 Å². The fourth-order valence-electron chi connectivity index (χ4n) is 2.14. The molecule has 0 heterocycles. The molecule has 0 unspecified atom stereocenters. The minimum atomic E-state index is -7.00. The summed E-state index contributed by atoms with van der Waals surface area (Å²) >= 11 is 0. The second kappa shape index (κ2) is 8.60. The summed E-state index contributed by atoms with van der Waals surface area (Å²) in [5.74, 6) is -1.78. The summed E-state index contributed by atoms with van der Waals surface area (Å²) in [5.41, 5.74) is -21.4. The summed E-state index contributed by atoms with van der Waals surface area (Å²) in [4.78, 5) is 3.82. The third-order valence-electron chi connectivity index (χ3n) is 3.57. The lowest BCUT2D eigenvalue weighted by atomic mass is 10.1. The fourth-order valence-corrected chi connectivity index (χ4v) is 5.25. The number of esters is 1. The molecular weight excluding hydrogens is 551 g/mol. The lowest BCUT2D eigenvalue weighted by Crippen LogP contribution is -2.31. The molecule has 0 aliphatic carbocycles. The SMILES string of the molecule is CCOC(=O)Cc1c(S(=O)(=O)C(F)(F)F)cc(S(=O)(=O)C(F)(F)F)cc1S(=O)(=O)C(F)(F)F. The summed E-state index contributed by atoms with van der Waals surface area (Å²) in [6.07, 6.45) is -1.92. The Hall–Kier alpha value is -2.09. The van der Waals surface area contributed by atoms with E-state index in [1.54, 1.807) is 0 Å². The van der Waals surface area contributed by atoms with Gasteiger partial charge >= 0.3 is 22.5 Å². The second-order valence-corrected chi connectivity index (χ2v) is 11.5. The normalized spacial score (nSPS) is 14.2. The van der Waals surface area contributed by atoms with Crippen molar-refractivity contribution in [3.63, 3.8) is 0 Å². The average molecular weight is 560 g/mol. The van der Waals surface area contributed by atoms with E-state index in [4.69, 9.17) is 0 Å². The van der Waals surface area contributed by atoms with Crippen molar-refractivity contribution in [2.75, 3.05) is 6.61 Å². The number of carbonyl (C=O) groups excluding carboxylic acids is 1. The van der Waals surface area contributed by atoms with E-state index in [-0.39, 0.29) is 0 Å². The zero-order valence-corrected chi connectivity index (χ0v) is 17.9. The predicted molar refractivity (Wildman–Crippen MR) is 86.5 cm³/mol. The van der Waals surface area contributed by atoms with Crippen molar-refractivity contribution in [1.82, 2.24) is 0 Å². The van der Waals surface area contributed by atoms with Crippen LogP contribution in [0.1, 0.15) is 12.5 Å². The van der Waals surface area contributed by atoms with Crippen LogP contribution in [0.4, 0.5) is 39.5 Å². The van der Waals surface area contributed by atoms with Crippen LogP contribution in [0.3, 0.4) is 0 Å². The van der Waals surface area contributed by atoms with Crippen LogP contribution in [0.2, 0.25) is 0 Å². The Balaban J connectivity index is 4.41. The minimum Gasteiger partial charge on any atom is -0.466 e. The first-order chi connectivity index (χ1) is 14.4. The number of sulfone groups is 3. The van der Waals surface area contributed by atoms with E-state index < -0.39 is 97.4 Å². The van der Waals surface area contributed by atoms with Crippen LogP contribution in [0, 0.1) is 0 Å². The highest BCUT2D eigenvalue weighted by Gasteiger charge is 2.54. The number of alkyl halides is 9. The van der Waals surface area contributed by atoms with E-state index in [9.17, 15) is 69.6 Å². The van der Waals surface area contributed by atoms with Gasteiger partial charge in [0.25, 0.3) is 29.5 Å². The Morgan fingerprint density at radius 1 is 0.727 bits per heavy atom. The molecule has 33 heavy (non-hydrogen) atoms. The lowest BCUT2D eigenvalue weighted by Gasteiger charge is -2.19. The Bertz CT molecular complexity index is 1190. The number of halogens is 9. The highest BCUT2D eigenvalue weighted by Crippen LogP contribution is 2.42. The third-order valence-corrected chi connectivity index (χ3v) is 8.14. The molecule has 1 aromatic carbocycles. The van der Waals surface area contributed by atoms with Gasteiger partial charge in [-0.1, -0.05) is 0 Å². The van der Waals surface area contributed by atoms with Crippen molar-refractivity contribution in [2.45, 2.75) is 44.6 Å². The zero-order chi connectivity index (χ0) is 26.4. The zero-order valence-electron chi connectivity index (χ0n) is 15.5. The van der Waals surface area contributed by atoms with Gasteiger partial charge in [0.15, 0.2) is 0 Å². The van der Waals surface area contributed by atoms with Gasteiger partial charge in [-0.3, -0.25) is 4.79 Å². The number of hydrogen-bond donors (Lipinski definition) is 0. The number of rotatable bonds is 6. The topological polar surface area (TPSA) is 129 Å².